The van der Waals surface area contributed by atoms with Crippen molar-refractivity contribution in [3.63, 3.8) is 0 Å². The topological polar surface area (TPSA) is 33.1 Å². The van der Waals surface area contributed by atoms with Gasteiger partial charge in [0.05, 0.1) is 15.4 Å². The molecule has 0 aliphatic carbocycles. The minimum atomic E-state index is 0.185. The van der Waals surface area contributed by atoms with E-state index >= 15 is 0 Å². The molecule has 1 N–H and O–H groups in total. The van der Waals surface area contributed by atoms with E-state index in [4.69, 9.17) is 11.6 Å². The van der Waals surface area contributed by atoms with E-state index in [2.05, 4.69) is 4.98 Å². The first-order valence-corrected chi connectivity index (χ1v) is 6.26. The molecule has 0 fully saturated rings. The van der Waals surface area contributed by atoms with Crippen LogP contribution in [0.25, 0.3) is 10.4 Å². The van der Waals surface area contributed by atoms with Crippen LogP contribution in [0, 0.1) is 0 Å². The van der Waals surface area contributed by atoms with Gasteiger partial charge in [-0.25, -0.2) is 0 Å². The third-order valence-electron chi connectivity index (χ3n) is 2.43. The first kappa shape index (κ1) is 11.4. The zero-order valence-corrected chi connectivity index (χ0v) is 10.6. The smallest absolute Gasteiger partial charge is 0.137 e. The van der Waals surface area contributed by atoms with Crippen LogP contribution in [-0.2, 0) is 0 Å². The van der Waals surface area contributed by atoms with Gasteiger partial charge in [-0.05, 0) is 29.2 Å². The van der Waals surface area contributed by atoms with Gasteiger partial charge < -0.3 is 5.11 Å². The first-order valence-electron chi connectivity index (χ1n) is 5.01. The van der Waals surface area contributed by atoms with Gasteiger partial charge in [0, 0.05) is 6.20 Å². The lowest BCUT2D eigenvalue weighted by Crippen LogP contribution is -1.90. The van der Waals surface area contributed by atoms with Crippen LogP contribution in [0.1, 0.15) is 25.3 Å². The molecule has 84 valence electrons. The van der Waals surface area contributed by atoms with E-state index in [9.17, 15) is 5.11 Å². The largest absolute Gasteiger partial charge is 0.506 e. The number of rotatable bonds is 2. The highest BCUT2D eigenvalue weighted by Crippen LogP contribution is 2.37. The van der Waals surface area contributed by atoms with E-state index in [1.807, 2.05) is 19.9 Å². The minimum Gasteiger partial charge on any atom is -0.506 e. The lowest BCUT2D eigenvalue weighted by atomic mass is 9.99. The average Bonchev–Trinajstić information content (AvgIpc) is 2.74. The third-order valence-corrected chi connectivity index (χ3v) is 3.54. The number of benzene rings is 1. The molecular weight excluding hydrogens is 242 g/mol. The van der Waals surface area contributed by atoms with Crippen molar-refractivity contribution in [3.8, 4) is 16.2 Å². The average molecular weight is 254 g/mol. The second-order valence-corrected chi connectivity index (χ2v) is 5.21. The molecule has 1 heterocycles. The highest BCUT2D eigenvalue weighted by Gasteiger charge is 2.12. The highest BCUT2D eigenvalue weighted by molar-refractivity contribution is 7.13. The molecule has 0 saturated heterocycles. The van der Waals surface area contributed by atoms with Crippen LogP contribution in [0.4, 0.5) is 0 Å². The molecule has 0 bridgehead atoms. The number of hydrogen-bond donors (Lipinski definition) is 1. The highest BCUT2D eigenvalue weighted by atomic mass is 35.5. The summed E-state index contributed by atoms with van der Waals surface area (Å²) in [7, 11) is 0. The first-order chi connectivity index (χ1) is 7.59. The zero-order valence-electron chi connectivity index (χ0n) is 9.07. The van der Waals surface area contributed by atoms with Crippen LogP contribution in [0.2, 0.25) is 5.02 Å². The quantitative estimate of drug-likeness (QED) is 0.866. The lowest BCUT2D eigenvalue weighted by Gasteiger charge is -2.11. The number of aromatic hydroxyl groups is 1. The Morgan fingerprint density at radius 3 is 2.69 bits per heavy atom. The van der Waals surface area contributed by atoms with E-state index in [1.165, 1.54) is 0 Å². The normalized spacial score (nSPS) is 11.0. The second kappa shape index (κ2) is 4.44. The summed E-state index contributed by atoms with van der Waals surface area (Å²) in [6.07, 6.45) is 1.80. The summed E-state index contributed by atoms with van der Waals surface area (Å²) in [5, 5.41) is 10.2. The molecule has 2 rings (SSSR count). The molecule has 1 aromatic heterocycles. The van der Waals surface area contributed by atoms with Gasteiger partial charge in [0.15, 0.2) is 0 Å². The SMILES string of the molecule is CC(C)c1cc(-c2cncs2)cc(Cl)c1O. The lowest BCUT2D eigenvalue weighted by molar-refractivity contribution is 0.465. The molecule has 0 unspecified atom stereocenters. The standard InChI is InChI=1S/C12H12ClNOS/c1-7(2)9-3-8(4-10(13)12(9)15)11-5-14-6-16-11/h3-7,15H,1-2H3. The Morgan fingerprint density at radius 1 is 1.38 bits per heavy atom. The third kappa shape index (κ3) is 2.06. The maximum Gasteiger partial charge on any atom is 0.137 e. The van der Waals surface area contributed by atoms with Gasteiger partial charge in [0.2, 0.25) is 0 Å². The van der Waals surface area contributed by atoms with Gasteiger partial charge in [0.25, 0.3) is 0 Å². The molecular formula is C12H12ClNOS. The summed E-state index contributed by atoms with van der Waals surface area (Å²) in [5.74, 6) is 0.426. The van der Waals surface area contributed by atoms with Crippen molar-refractivity contribution in [1.82, 2.24) is 4.98 Å². The van der Waals surface area contributed by atoms with Crippen molar-refractivity contribution in [2.45, 2.75) is 19.8 Å². The summed E-state index contributed by atoms with van der Waals surface area (Å²) in [4.78, 5) is 5.10. The summed E-state index contributed by atoms with van der Waals surface area (Å²) in [6, 6.07) is 3.75. The second-order valence-electron chi connectivity index (χ2n) is 3.92. The number of nitrogens with zero attached hydrogens (tertiary/aromatic N) is 1. The van der Waals surface area contributed by atoms with E-state index < -0.39 is 0 Å². The Kier molecular flexibility index (Phi) is 3.17. The molecule has 0 atom stereocenters. The molecule has 4 heteroatoms. The predicted octanol–water partition coefficient (Wildman–Crippen LogP) is 4.29. The molecule has 0 amide bonds. The van der Waals surface area contributed by atoms with Crippen molar-refractivity contribution >= 4 is 22.9 Å². The van der Waals surface area contributed by atoms with E-state index in [1.54, 1.807) is 29.1 Å². The molecule has 2 nitrogen and oxygen atoms in total. The molecule has 0 aliphatic rings. The van der Waals surface area contributed by atoms with Crippen LogP contribution in [0.5, 0.6) is 5.75 Å². The predicted molar refractivity (Wildman–Crippen MR) is 68.3 cm³/mol. The van der Waals surface area contributed by atoms with Gasteiger partial charge in [-0.15, -0.1) is 11.3 Å². The molecule has 0 radical (unpaired) electrons. The van der Waals surface area contributed by atoms with E-state index in [-0.39, 0.29) is 11.7 Å². The Balaban J connectivity index is 2.57. The van der Waals surface area contributed by atoms with Crippen LogP contribution >= 0.6 is 22.9 Å². The summed E-state index contributed by atoms with van der Waals surface area (Å²) in [5.41, 5.74) is 3.66. The van der Waals surface area contributed by atoms with Crippen LogP contribution < -0.4 is 0 Å². The number of thiazole rings is 1. The minimum absolute atomic E-state index is 0.185. The Morgan fingerprint density at radius 2 is 2.12 bits per heavy atom. The fourth-order valence-corrected chi connectivity index (χ4v) is 2.40. The monoisotopic (exact) mass is 253 g/mol. The number of aromatic nitrogens is 1. The fourth-order valence-electron chi connectivity index (χ4n) is 1.56. The molecule has 2 aromatic rings. The van der Waals surface area contributed by atoms with Gasteiger partial charge in [-0.1, -0.05) is 25.4 Å². The molecule has 0 saturated carbocycles. The van der Waals surface area contributed by atoms with Crippen molar-refractivity contribution in [2.24, 2.45) is 0 Å². The number of halogens is 1. The van der Waals surface area contributed by atoms with Crippen LogP contribution in [0.15, 0.2) is 23.8 Å². The zero-order chi connectivity index (χ0) is 11.7. The molecule has 0 aliphatic heterocycles. The van der Waals surface area contributed by atoms with Crippen molar-refractivity contribution in [1.29, 1.82) is 0 Å². The molecule has 16 heavy (non-hydrogen) atoms. The fraction of sp³-hybridized carbons (Fsp3) is 0.250. The maximum atomic E-state index is 9.85. The molecule has 1 aromatic carbocycles. The molecule has 0 spiro atoms. The Labute approximate surface area is 104 Å². The number of phenols is 1. The summed E-state index contributed by atoms with van der Waals surface area (Å²) in [6.45, 7) is 4.06. The van der Waals surface area contributed by atoms with Crippen LogP contribution in [0.3, 0.4) is 0 Å². The Hall–Kier alpha value is -1.06. The summed E-state index contributed by atoms with van der Waals surface area (Å²) < 4.78 is 0. The van der Waals surface area contributed by atoms with Crippen molar-refractivity contribution in [2.75, 3.05) is 0 Å². The van der Waals surface area contributed by atoms with Gasteiger partial charge in [-0.2, -0.15) is 0 Å². The van der Waals surface area contributed by atoms with E-state index in [0.29, 0.717) is 5.02 Å². The van der Waals surface area contributed by atoms with Crippen molar-refractivity contribution < 1.29 is 5.11 Å². The van der Waals surface area contributed by atoms with Gasteiger partial charge >= 0.3 is 0 Å². The van der Waals surface area contributed by atoms with Gasteiger partial charge in [-0.3, -0.25) is 4.98 Å². The van der Waals surface area contributed by atoms with Gasteiger partial charge in [0.1, 0.15) is 5.75 Å². The number of phenolic OH excluding ortho intramolecular Hbond substituents is 1. The summed E-state index contributed by atoms with van der Waals surface area (Å²) >= 11 is 7.57. The number of hydrogen-bond acceptors (Lipinski definition) is 3. The Bertz CT molecular complexity index is 494. The van der Waals surface area contributed by atoms with Crippen molar-refractivity contribution in [3.05, 3.63) is 34.4 Å². The maximum absolute atomic E-state index is 9.85. The van der Waals surface area contributed by atoms with E-state index in [0.717, 1.165) is 16.0 Å². The van der Waals surface area contributed by atoms with Crippen LogP contribution in [-0.4, -0.2) is 10.1 Å².